The zero-order chi connectivity index (χ0) is 12.7. The number of amides is 1. The number of esters is 1. The van der Waals surface area contributed by atoms with E-state index in [-0.39, 0.29) is 5.91 Å². The quantitative estimate of drug-likeness (QED) is 0.627. The van der Waals surface area contributed by atoms with Crippen LogP contribution >= 0.6 is 0 Å². The predicted molar refractivity (Wildman–Crippen MR) is 65.8 cm³/mol. The monoisotopic (exact) mass is 233 g/mol. The topological polar surface area (TPSA) is 55.4 Å². The number of allylic oxidation sites excluding steroid dienone is 1. The number of hydrogen-bond donors (Lipinski definition) is 1. The maximum Gasteiger partial charge on any atom is 0.339 e. The van der Waals surface area contributed by atoms with Gasteiger partial charge in [0.25, 0.3) is 0 Å². The standard InChI is InChI=1S/C13H15NO3/c1-3-4-9-12(15)14-11-8-6-5-7-10(11)13(16)17-2/h3,5-8H,1,4,9H2,2H3,(H,14,15). The fourth-order valence-electron chi connectivity index (χ4n) is 1.33. The summed E-state index contributed by atoms with van der Waals surface area (Å²) < 4.78 is 4.63. The van der Waals surface area contributed by atoms with E-state index >= 15 is 0 Å². The van der Waals surface area contributed by atoms with Crippen LogP contribution in [0.5, 0.6) is 0 Å². The van der Waals surface area contributed by atoms with Gasteiger partial charge in [0.1, 0.15) is 0 Å². The molecule has 0 saturated carbocycles. The maximum absolute atomic E-state index is 11.5. The van der Waals surface area contributed by atoms with Crippen molar-refractivity contribution in [2.45, 2.75) is 12.8 Å². The minimum absolute atomic E-state index is 0.152. The minimum Gasteiger partial charge on any atom is -0.465 e. The van der Waals surface area contributed by atoms with Crippen LogP contribution in [0.25, 0.3) is 0 Å². The summed E-state index contributed by atoms with van der Waals surface area (Å²) in [6.07, 6.45) is 2.62. The Morgan fingerprint density at radius 3 is 2.76 bits per heavy atom. The molecule has 0 heterocycles. The third-order valence-electron chi connectivity index (χ3n) is 2.18. The zero-order valence-electron chi connectivity index (χ0n) is 9.73. The second-order valence-corrected chi connectivity index (χ2v) is 3.41. The Hall–Kier alpha value is -2.10. The molecule has 1 rings (SSSR count). The van der Waals surface area contributed by atoms with Gasteiger partial charge in [0.2, 0.25) is 5.91 Å². The summed E-state index contributed by atoms with van der Waals surface area (Å²) in [5, 5.41) is 2.67. The molecule has 0 radical (unpaired) electrons. The van der Waals surface area contributed by atoms with Crippen LogP contribution in [0.15, 0.2) is 36.9 Å². The molecule has 4 nitrogen and oxygen atoms in total. The molecular weight excluding hydrogens is 218 g/mol. The fraction of sp³-hybridized carbons (Fsp3) is 0.231. The number of para-hydroxylation sites is 1. The smallest absolute Gasteiger partial charge is 0.339 e. The third-order valence-corrected chi connectivity index (χ3v) is 2.18. The van der Waals surface area contributed by atoms with E-state index in [1.165, 1.54) is 7.11 Å². The highest BCUT2D eigenvalue weighted by atomic mass is 16.5. The van der Waals surface area contributed by atoms with Crippen molar-refractivity contribution in [3.8, 4) is 0 Å². The highest BCUT2D eigenvalue weighted by Gasteiger charge is 2.12. The van der Waals surface area contributed by atoms with Gasteiger partial charge in [0.15, 0.2) is 0 Å². The Morgan fingerprint density at radius 2 is 2.12 bits per heavy atom. The van der Waals surface area contributed by atoms with Gasteiger partial charge in [-0.1, -0.05) is 18.2 Å². The van der Waals surface area contributed by atoms with Crippen molar-refractivity contribution in [2.75, 3.05) is 12.4 Å². The number of benzene rings is 1. The highest BCUT2D eigenvalue weighted by molar-refractivity contribution is 6.01. The van der Waals surface area contributed by atoms with E-state index < -0.39 is 5.97 Å². The first-order valence-electron chi connectivity index (χ1n) is 5.27. The van der Waals surface area contributed by atoms with E-state index in [2.05, 4.69) is 16.6 Å². The first-order chi connectivity index (χ1) is 8.19. The lowest BCUT2D eigenvalue weighted by atomic mass is 10.1. The summed E-state index contributed by atoms with van der Waals surface area (Å²) in [6.45, 7) is 3.54. The molecule has 0 bridgehead atoms. The number of rotatable bonds is 5. The molecular formula is C13H15NO3. The van der Waals surface area contributed by atoms with E-state index in [0.29, 0.717) is 24.1 Å². The SMILES string of the molecule is C=CCCC(=O)Nc1ccccc1C(=O)OC. The Labute approximate surface area is 100 Å². The molecule has 1 N–H and O–H groups in total. The molecule has 90 valence electrons. The van der Waals surface area contributed by atoms with E-state index in [4.69, 9.17) is 0 Å². The van der Waals surface area contributed by atoms with Gasteiger partial charge < -0.3 is 10.1 Å². The van der Waals surface area contributed by atoms with E-state index in [9.17, 15) is 9.59 Å². The second kappa shape index (κ2) is 6.48. The van der Waals surface area contributed by atoms with Crippen molar-refractivity contribution in [3.05, 3.63) is 42.5 Å². The van der Waals surface area contributed by atoms with Crippen LogP contribution in [0, 0.1) is 0 Å². The fourth-order valence-corrected chi connectivity index (χ4v) is 1.33. The number of hydrogen-bond acceptors (Lipinski definition) is 3. The lowest BCUT2D eigenvalue weighted by Gasteiger charge is -2.08. The van der Waals surface area contributed by atoms with Crippen molar-refractivity contribution >= 4 is 17.6 Å². The van der Waals surface area contributed by atoms with Gasteiger partial charge in [-0.3, -0.25) is 4.79 Å². The van der Waals surface area contributed by atoms with Gasteiger partial charge in [0.05, 0.1) is 18.4 Å². The van der Waals surface area contributed by atoms with Crippen LogP contribution in [-0.4, -0.2) is 19.0 Å². The van der Waals surface area contributed by atoms with Crippen LogP contribution in [0.1, 0.15) is 23.2 Å². The molecule has 0 aliphatic carbocycles. The molecule has 0 aliphatic heterocycles. The van der Waals surface area contributed by atoms with E-state index in [1.807, 2.05) is 0 Å². The Morgan fingerprint density at radius 1 is 1.41 bits per heavy atom. The van der Waals surface area contributed by atoms with Crippen LogP contribution in [0.3, 0.4) is 0 Å². The molecule has 0 spiro atoms. The third kappa shape index (κ3) is 3.75. The number of anilines is 1. The number of carbonyl (C=O) groups excluding carboxylic acids is 2. The van der Waals surface area contributed by atoms with Crippen molar-refractivity contribution in [3.63, 3.8) is 0 Å². The summed E-state index contributed by atoms with van der Waals surface area (Å²) >= 11 is 0. The normalized spacial score (nSPS) is 9.47. The second-order valence-electron chi connectivity index (χ2n) is 3.41. The highest BCUT2D eigenvalue weighted by Crippen LogP contribution is 2.16. The molecule has 1 aromatic carbocycles. The van der Waals surface area contributed by atoms with Gasteiger partial charge in [-0.05, 0) is 18.6 Å². The van der Waals surface area contributed by atoms with E-state index in [1.54, 1.807) is 30.3 Å². The van der Waals surface area contributed by atoms with Crippen LogP contribution < -0.4 is 5.32 Å². The average Bonchev–Trinajstić information content (AvgIpc) is 2.36. The maximum atomic E-state index is 11.5. The summed E-state index contributed by atoms with van der Waals surface area (Å²) in [6, 6.07) is 6.73. The summed E-state index contributed by atoms with van der Waals surface area (Å²) in [4.78, 5) is 23.0. The van der Waals surface area contributed by atoms with Crippen molar-refractivity contribution in [1.82, 2.24) is 0 Å². The Balaban J connectivity index is 2.79. The number of nitrogens with one attached hydrogen (secondary N) is 1. The molecule has 0 aromatic heterocycles. The first kappa shape index (κ1) is 13.0. The summed E-state index contributed by atoms with van der Waals surface area (Å²) in [5.74, 6) is -0.620. The van der Waals surface area contributed by atoms with Crippen LogP contribution in [0.4, 0.5) is 5.69 Å². The zero-order valence-corrected chi connectivity index (χ0v) is 9.73. The number of ether oxygens (including phenoxy) is 1. The molecule has 1 aromatic rings. The summed E-state index contributed by atoms with van der Waals surface area (Å²) in [7, 11) is 1.30. The molecule has 4 heteroatoms. The van der Waals surface area contributed by atoms with Crippen molar-refractivity contribution in [1.29, 1.82) is 0 Å². The first-order valence-corrected chi connectivity index (χ1v) is 5.27. The molecule has 17 heavy (non-hydrogen) atoms. The van der Waals surface area contributed by atoms with Crippen LogP contribution in [-0.2, 0) is 9.53 Å². The average molecular weight is 233 g/mol. The Bertz CT molecular complexity index is 426. The largest absolute Gasteiger partial charge is 0.465 e. The van der Waals surface area contributed by atoms with Gasteiger partial charge in [-0.2, -0.15) is 0 Å². The molecule has 0 saturated heterocycles. The predicted octanol–water partition coefficient (Wildman–Crippen LogP) is 2.38. The van der Waals surface area contributed by atoms with Gasteiger partial charge in [-0.15, -0.1) is 6.58 Å². The lowest BCUT2D eigenvalue weighted by molar-refractivity contribution is -0.116. The van der Waals surface area contributed by atoms with Crippen molar-refractivity contribution < 1.29 is 14.3 Å². The minimum atomic E-state index is -0.468. The molecule has 1 amide bonds. The van der Waals surface area contributed by atoms with Gasteiger partial charge in [0, 0.05) is 6.42 Å². The molecule has 0 fully saturated rings. The lowest BCUT2D eigenvalue weighted by Crippen LogP contribution is -2.14. The number of methoxy groups -OCH3 is 1. The number of carbonyl (C=O) groups is 2. The van der Waals surface area contributed by atoms with Crippen LogP contribution in [0.2, 0.25) is 0 Å². The molecule has 0 atom stereocenters. The van der Waals surface area contributed by atoms with Gasteiger partial charge >= 0.3 is 5.97 Å². The van der Waals surface area contributed by atoms with E-state index in [0.717, 1.165) is 0 Å². The molecule has 0 unspecified atom stereocenters. The van der Waals surface area contributed by atoms with Crippen molar-refractivity contribution in [2.24, 2.45) is 0 Å². The molecule has 0 aliphatic rings. The summed E-state index contributed by atoms with van der Waals surface area (Å²) in [5.41, 5.74) is 0.815. The Kier molecular flexibility index (Phi) is 4.94. The van der Waals surface area contributed by atoms with Gasteiger partial charge in [-0.25, -0.2) is 4.79 Å².